The zero-order valence-corrected chi connectivity index (χ0v) is 12.1. The van der Waals surface area contributed by atoms with Crippen molar-refractivity contribution in [1.29, 1.82) is 0 Å². The standard InChI is InChI=1S/C13H12F3N3O2S/c14-13(15,16)12(11(20)21)3-4-19(7-12)6-8-1-2-9-10(5-8)18-22-17-9/h1-2,5H,3-4,6-7H2,(H,20,21). The third-order valence-corrected chi connectivity index (χ3v) is 4.58. The SMILES string of the molecule is O=C(O)C1(C(F)(F)F)CCN(Cc2ccc3nsnc3c2)C1. The minimum absolute atomic E-state index is 0.0964. The number of likely N-dealkylation sites (tertiary alicyclic amines) is 1. The Balaban J connectivity index is 1.78. The largest absolute Gasteiger partial charge is 0.481 e. The molecular formula is C13H12F3N3O2S. The Morgan fingerprint density at radius 2 is 2.09 bits per heavy atom. The molecule has 1 aliphatic heterocycles. The second kappa shape index (κ2) is 5.17. The van der Waals surface area contributed by atoms with Gasteiger partial charge in [-0.2, -0.15) is 21.9 Å². The zero-order valence-electron chi connectivity index (χ0n) is 11.3. The molecule has 0 spiro atoms. The molecule has 118 valence electrons. The van der Waals surface area contributed by atoms with Crippen molar-refractivity contribution in [3.63, 3.8) is 0 Å². The average Bonchev–Trinajstić information content (AvgIpc) is 3.04. The highest BCUT2D eigenvalue weighted by atomic mass is 32.1. The number of halogens is 3. The van der Waals surface area contributed by atoms with Crippen LogP contribution in [0.4, 0.5) is 13.2 Å². The summed E-state index contributed by atoms with van der Waals surface area (Å²) in [6, 6.07) is 5.31. The van der Waals surface area contributed by atoms with Gasteiger partial charge in [0, 0.05) is 19.6 Å². The fourth-order valence-electron chi connectivity index (χ4n) is 2.74. The number of aromatic nitrogens is 2. The van der Waals surface area contributed by atoms with Crippen molar-refractivity contribution in [3.8, 4) is 0 Å². The lowest BCUT2D eigenvalue weighted by Gasteiger charge is -2.27. The maximum absolute atomic E-state index is 13.1. The van der Waals surface area contributed by atoms with Crippen LogP contribution in [-0.2, 0) is 11.3 Å². The van der Waals surface area contributed by atoms with E-state index < -0.39 is 30.5 Å². The fourth-order valence-corrected chi connectivity index (χ4v) is 3.25. The molecule has 1 aliphatic rings. The molecule has 1 aromatic heterocycles. The number of nitrogens with zero attached hydrogens (tertiary/aromatic N) is 3. The molecule has 3 rings (SSSR count). The molecule has 0 radical (unpaired) electrons. The van der Waals surface area contributed by atoms with Crippen molar-refractivity contribution in [2.45, 2.75) is 19.1 Å². The second-order valence-corrected chi connectivity index (χ2v) is 5.96. The van der Waals surface area contributed by atoms with Crippen LogP contribution in [0.3, 0.4) is 0 Å². The van der Waals surface area contributed by atoms with Crippen LogP contribution < -0.4 is 0 Å². The van der Waals surface area contributed by atoms with E-state index in [4.69, 9.17) is 5.11 Å². The van der Waals surface area contributed by atoms with Crippen LogP contribution in [0, 0.1) is 5.41 Å². The van der Waals surface area contributed by atoms with Crippen molar-refractivity contribution in [3.05, 3.63) is 23.8 Å². The summed E-state index contributed by atoms with van der Waals surface area (Å²) >= 11 is 1.07. The fraction of sp³-hybridized carbons (Fsp3) is 0.462. The van der Waals surface area contributed by atoms with E-state index in [1.165, 1.54) is 4.90 Å². The molecule has 1 saturated heterocycles. The van der Waals surface area contributed by atoms with E-state index in [-0.39, 0.29) is 13.1 Å². The Hall–Kier alpha value is -1.74. The number of rotatable bonds is 3. The average molecular weight is 331 g/mol. The third-order valence-electron chi connectivity index (χ3n) is 4.02. The maximum Gasteiger partial charge on any atom is 0.406 e. The smallest absolute Gasteiger partial charge is 0.406 e. The highest BCUT2D eigenvalue weighted by molar-refractivity contribution is 7.00. The van der Waals surface area contributed by atoms with E-state index in [9.17, 15) is 18.0 Å². The Morgan fingerprint density at radius 1 is 1.36 bits per heavy atom. The topological polar surface area (TPSA) is 66.3 Å². The van der Waals surface area contributed by atoms with Gasteiger partial charge in [0.1, 0.15) is 11.0 Å². The molecule has 1 fully saturated rings. The van der Waals surface area contributed by atoms with Gasteiger partial charge in [-0.3, -0.25) is 9.69 Å². The highest BCUT2D eigenvalue weighted by Gasteiger charge is 2.63. The van der Waals surface area contributed by atoms with E-state index >= 15 is 0 Å². The molecule has 2 heterocycles. The first-order valence-corrected chi connectivity index (χ1v) is 7.28. The van der Waals surface area contributed by atoms with E-state index in [1.54, 1.807) is 18.2 Å². The van der Waals surface area contributed by atoms with Crippen LogP contribution in [0.1, 0.15) is 12.0 Å². The molecule has 0 amide bonds. The molecule has 5 nitrogen and oxygen atoms in total. The van der Waals surface area contributed by atoms with Gasteiger partial charge in [-0.05, 0) is 24.1 Å². The van der Waals surface area contributed by atoms with Crippen LogP contribution in [0.2, 0.25) is 0 Å². The van der Waals surface area contributed by atoms with Crippen LogP contribution >= 0.6 is 11.7 Å². The molecule has 1 atom stereocenters. The van der Waals surface area contributed by atoms with Gasteiger partial charge < -0.3 is 5.11 Å². The summed E-state index contributed by atoms with van der Waals surface area (Å²) in [6.07, 6.45) is -5.18. The van der Waals surface area contributed by atoms with E-state index in [2.05, 4.69) is 8.75 Å². The molecule has 2 aromatic rings. The summed E-state index contributed by atoms with van der Waals surface area (Å²) in [4.78, 5) is 12.7. The molecule has 0 aliphatic carbocycles. The van der Waals surface area contributed by atoms with Gasteiger partial charge in [-0.25, -0.2) is 0 Å². The van der Waals surface area contributed by atoms with Crippen LogP contribution in [0.5, 0.6) is 0 Å². The van der Waals surface area contributed by atoms with Gasteiger partial charge in [0.15, 0.2) is 5.41 Å². The predicted molar refractivity (Wildman–Crippen MR) is 73.4 cm³/mol. The van der Waals surface area contributed by atoms with Gasteiger partial charge in [0.2, 0.25) is 0 Å². The van der Waals surface area contributed by atoms with E-state index in [0.29, 0.717) is 5.52 Å². The number of benzene rings is 1. The Labute approximate surface area is 127 Å². The van der Waals surface area contributed by atoms with Gasteiger partial charge in [-0.1, -0.05) is 6.07 Å². The van der Waals surface area contributed by atoms with Crippen LogP contribution in [0.25, 0.3) is 11.0 Å². The Bertz CT molecular complexity index is 718. The Morgan fingerprint density at radius 3 is 2.73 bits per heavy atom. The van der Waals surface area contributed by atoms with Gasteiger partial charge >= 0.3 is 12.1 Å². The summed E-state index contributed by atoms with van der Waals surface area (Å²) in [5, 5.41) is 9.03. The minimum atomic E-state index is -4.75. The molecular weight excluding hydrogens is 319 g/mol. The molecule has 0 saturated carbocycles. The molecule has 1 N–H and O–H groups in total. The van der Waals surface area contributed by atoms with Crippen molar-refractivity contribution in [2.75, 3.05) is 13.1 Å². The van der Waals surface area contributed by atoms with E-state index in [0.717, 1.165) is 22.8 Å². The van der Waals surface area contributed by atoms with Crippen molar-refractivity contribution in [2.24, 2.45) is 5.41 Å². The molecule has 1 unspecified atom stereocenters. The first-order chi connectivity index (χ1) is 10.3. The number of hydrogen-bond acceptors (Lipinski definition) is 5. The van der Waals surface area contributed by atoms with E-state index in [1.807, 2.05) is 0 Å². The summed E-state index contributed by atoms with van der Waals surface area (Å²) < 4.78 is 47.5. The molecule has 9 heteroatoms. The lowest BCUT2D eigenvalue weighted by Crippen LogP contribution is -2.47. The highest BCUT2D eigenvalue weighted by Crippen LogP contribution is 2.46. The lowest BCUT2D eigenvalue weighted by molar-refractivity contribution is -0.227. The Kier molecular flexibility index (Phi) is 3.56. The number of hydrogen-bond donors (Lipinski definition) is 1. The van der Waals surface area contributed by atoms with Crippen LogP contribution in [-0.4, -0.2) is 44.0 Å². The normalized spacial score (nSPS) is 23.2. The summed E-state index contributed by atoms with van der Waals surface area (Å²) in [5.74, 6) is -1.80. The minimum Gasteiger partial charge on any atom is -0.481 e. The van der Waals surface area contributed by atoms with Crippen molar-refractivity contribution >= 4 is 28.7 Å². The number of carboxylic acids is 1. The second-order valence-electron chi connectivity index (χ2n) is 5.43. The zero-order chi connectivity index (χ0) is 16.0. The first kappa shape index (κ1) is 15.2. The van der Waals surface area contributed by atoms with Crippen molar-refractivity contribution < 1.29 is 23.1 Å². The molecule has 22 heavy (non-hydrogen) atoms. The summed E-state index contributed by atoms with van der Waals surface area (Å²) in [5.41, 5.74) is -0.435. The number of carbonyl (C=O) groups is 1. The lowest BCUT2D eigenvalue weighted by atomic mass is 9.86. The molecule has 1 aromatic carbocycles. The predicted octanol–water partition coefficient (Wildman–Crippen LogP) is 2.53. The van der Waals surface area contributed by atoms with Gasteiger partial charge in [0.05, 0.1) is 11.7 Å². The summed E-state index contributed by atoms with van der Waals surface area (Å²) in [6.45, 7) is -0.170. The maximum atomic E-state index is 13.1. The summed E-state index contributed by atoms with van der Waals surface area (Å²) in [7, 11) is 0. The van der Waals surface area contributed by atoms with Gasteiger partial charge in [-0.15, -0.1) is 0 Å². The number of fused-ring (bicyclic) bond motifs is 1. The monoisotopic (exact) mass is 331 g/mol. The number of aliphatic carboxylic acids is 1. The quantitative estimate of drug-likeness (QED) is 0.936. The van der Waals surface area contributed by atoms with Crippen LogP contribution in [0.15, 0.2) is 18.2 Å². The number of carboxylic acid groups (broad SMARTS) is 1. The van der Waals surface area contributed by atoms with Gasteiger partial charge in [0.25, 0.3) is 0 Å². The van der Waals surface area contributed by atoms with Crippen molar-refractivity contribution in [1.82, 2.24) is 13.6 Å². The molecule has 0 bridgehead atoms. The number of alkyl halides is 3. The first-order valence-electron chi connectivity index (χ1n) is 6.55. The third kappa shape index (κ3) is 2.44.